The summed E-state index contributed by atoms with van der Waals surface area (Å²) in [6, 6.07) is 2.31. The van der Waals surface area contributed by atoms with Crippen molar-refractivity contribution < 1.29 is 9.47 Å². The van der Waals surface area contributed by atoms with Crippen LogP contribution in [0.3, 0.4) is 0 Å². The van der Waals surface area contributed by atoms with Crippen molar-refractivity contribution in [1.29, 1.82) is 0 Å². The van der Waals surface area contributed by atoms with E-state index < -0.39 is 0 Å². The first kappa shape index (κ1) is 12.0. The first-order valence-corrected chi connectivity index (χ1v) is 5.77. The number of hydrogen-bond acceptors (Lipinski definition) is 5. The minimum Gasteiger partial charge on any atom is -0.479 e. The molecule has 1 fully saturated rings. The van der Waals surface area contributed by atoms with E-state index in [1.165, 1.54) is 0 Å². The highest BCUT2D eigenvalue weighted by atomic mass is 16.5. The lowest BCUT2D eigenvalue weighted by Gasteiger charge is -2.22. The zero-order valence-electron chi connectivity index (χ0n) is 10.6. The Labute approximate surface area is 102 Å². The molecule has 2 heterocycles. The molecule has 1 aliphatic heterocycles. The van der Waals surface area contributed by atoms with Crippen LogP contribution in [0.4, 0.5) is 11.4 Å². The van der Waals surface area contributed by atoms with E-state index in [1.807, 2.05) is 25.1 Å². The Bertz CT molecular complexity index is 376. The molecule has 2 rings (SSSR count). The van der Waals surface area contributed by atoms with Crippen LogP contribution >= 0.6 is 0 Å². The number of rotatable bonds is 4. The standard InChI is InChI=1S/C12H19N3O2/c1-15(2)10-4-6-13-12(16-3)11(10)14-9-5-7-17-8-9/h4,6,9,14H,5,7-8H2,1-3H3. The maximum Gasteiger partial charge on any atom is 0.239 e. The van der Waals surface area contributed by atoms with E-state index in [-0.39, 0.29) is 0 Å². The van der Waals surface area contributed by atoms with Gasteiger partial charge in [-0.05, 0) is 12.5 Å². The van der Waals surface area contributed by atoms with Crippen molar-refractivity contribution in [2.45, 2.75) is 12.5 Å². The maximum atomic E-state index is 5.37. The molecule has 0 aromatic carbocycles. The van der Waals surface area contributed by atoms with E-state index in [2.05, 4.69) is 10.3 Å². The molecule has 0 bridgehead atoms. The smallest absolute Gasteiger partial charge is 0.239 e. The van der Waals surface area contributed by atoms with Crippen LogP contribution in [0.25, 0.3) is 0 Å². The highest BCUT2D eigenvalue weighted by Gasteiger charge is 2.20. The van der Waals surface area contributed by atoms with Gasteiger partial charge in [-0.1, -0.05) is 0 Å². The zero-order chi connectivity index (χ0) is 12.3. The second kappa shape index (κ2) is 5.23. The number of methoxy groups -OCH3 is 1. The van der Waals surface area contributed by atoms with Crippen molar-refractivity contribution in [2.24, 2.45) is 0 Å². The van der Waals surface area contributed by atoms with Crippen molar-refractivity contribution in [3.8, 4) is 5.88 Å². The number of ether oxygens (including phenoxy) is 2. The average molecular weight is 237 g/mol. The molecule has 17 heavy (non-hydrogen) atoms. The van der Waals surface area contributed by atoms with Gasteiger partial charge in [-0.2, -0.15) is 0 Å². The third-order valence-electron chi connectivity index (χ3n) is 2.85. The maximum absolute atomic E-state index is 5.37. The number of anilines is 2. The SMILES string of the molecule is COc1nccc(N(C)C)c1NC1CCOC1. The normalized spacial score (nSPS) is 19.1. The Morgan fingerprint density at radius 2 is 2.35 bits per heavy atom. The molecular weight excluding hydrogens is 218 g/mol. The van der Waals surface area contributed by atoms with Gasteiger partial charge >= 0.3 is 0 Å². The Morgan fingerprint density at radius 1 is 1.53 bits per heavy atom. The Hall–Kier alpha value is -1.49. The van der Waals surface area contributed by atoms with Crippen molar-refractivity contribution >= 4 is 11.4 Å². The summed E-state index contributed by atoms with van der Waals surface area (Å²) >= 11 is 0. The summed E-state index contributed by atoms with van der Waals surface area (Å²) in [6.45, 7) is 1.56. The molecule has 0 spiro atoms. The molecule has 1 aromatic heterocycles. The molecule has 5 nitrogen and oxygen atoms in total. The van der Waals surface area contributed by atoms with Gasteiger partial charge in [0.05, 0.1) is 25.4 Å². The second-order valence-corrected chi connectivity index (χ2v) is 4.31. The first-order valence-electron chi connectivity index (χ1n) is 5.77. The van der Waals surface area contributed by atoms with Crippen LogP contribution in [0.15, 0.2) is 12.3 Å². The molecule has 1 aliphatic rings. The van der Waals surface area contributed by atoms with Crippen molar-refractivity contribution in [3.63, 3.8) is 0 Å². The van der Waals surface area contributed by atoms with Crippen LogP contribution in [0.2, 0.25) is 0 Å². The summed E-state index contributed by atoms with van der Waals surface area (Å²) < 4.78 is 10.7. The van der Waals surface area contributed by atoms with Crippen molar-refractivity contribution in [3.05, 3.63) is 12.3 Å². The fourth-order valence-corrected chi connectivity index (χ4v) is 1.95. The molecule has 1 unspecified atom stereocenters. The summed E-state index contributed by atoms with van der Waals surface area (Å²) in [7, 11) is 5.65. The van der Waals surface area contributed by atoms with Gasteiger partial charge in [0.2, 0.25) is 5.88 Å². The second-order valence-electron chi connectivity index (χ2n) is 4.31. The summed E-state index contributed by atoms with van der Waals surface area (Å²) in [5.41, 5.74) is 2.01. The van der Waals surface area contributed by atoms with Crippen LogP contribution < -0.4 is 15.0 Å². The van der Waals surface area contributed by atoms with Crippen LogP contribution in [-0.2, 0) is 4.74 Å². The molecule has 5 heteroatoms. The molecule has 1 saturated heterocycles. The van der Waals surface area contributed by atoms with Gasteiger partial charge in [-0.25, -0.2) is 4.98 Å². The van der Waals surface area contributed by atoms with Crippen LogP contribution in [-0.4, -0.2) is 45.4 Å². The van der Waals surface area contributed by atoms with E-state index >= 15 is 0 Å². The number of nitrogens with zero attached hydrogens (tertiary/aromatic N) is 2. The predicted molar refractivity (Wildman–Crippen MR) is 68.0 cm³/mol. The average Bonchev–Trinajstić information content (AvgIpc) is 2.82. The van der Waals surface area contributed by atoms with E-state index in [9.17, 15) is 0 Å². The monoisotopic (exact) mass is 237 g/mol. The van der Waals surface area contributed by atoms with Gasteiger partial charge in [0.1, 0.15) is 5.69 Å². The molecule has 0 saturated carbocycles. The molecule has 0 radical (unpaired) electrons. The summed E-state index contributed by atoms with van der Waals surface area (Å²) in [5, 5.41) is 3.46. The third kappa shape index (κ3) is 2.61. The molecular formula is C12H19N3O2. The summed E-state index contributed by atoms with van der Waals surface area (Å²) in [4.78, 5) is 6.27. The summed E-state index contributed by atoms with van der Waals surface area (Å²) in [6.07, 6.45) is 2.77. The fraction of sp³-hybridized carbons (Fsp3) is 0.583. The van der Waals surface area contributed by atoms with Crippen LogP contribution in [0, 0.1) is 0 Å². The lowest BCUT2D eigenvalue weighted by atomic mass is 10.2. The quantitative estimate of drug-likeness (QED) is 0.856. The number of nitrogens with one attached hydrogen (secondary N) is 1. The Balaban J connectivity index is 2.27. The molecule has 1 atom stereocenters. The van der Waals surface area contributed by atoms with Gasteiger partial charge in [0.25, 0.3) is 0 Å². The Kier molecular flexibility index (Phi) is 3.68. The first-order chi connectivity index (χ1) is 8.22. The van der Waals surface area contributed by atoms with E-state index in [4.69, 9.17) is 9.47 Å². The topological polar surface area (TPSA) is 46.6 Å². The van der Waals surface area contributed by atoms with E-state index in [0.29, 0.717) is 11.9 Å². The summed E-state index contributed by atoms with van der Waals surface area (Å²) in [5.74, 6) is 0.628. The molecule has 1 N–H and O–H groups in total. The predicted octanol–water partition coefficient (Wildman–Crippen LogP) is 1.36. The number of hydrogen-bond donors (Lipinski definition) is 1. The lowest BCUT2D eigenvalue weighted by molar-refractivity contribution is 0.195. The Morgan fingerprint density at radius 3 is 2.94 bits per heavy atom. The van der Waals surface area contributed by atoms with Gasteiger partial charge in [-0.3, -0.25) is 0 Å². The van der Waals surface area contributed by atoms with E-state index in [0.717, 1.165) is 31.0 Å². The minimum absolute atomic E-state index is 0.340. The van der Waals surface area contributed by atoms with Gasteiger partial charge in [0, 0.05) is 26.9 Å². The highest BCUT2D eigenvalue weighted by molar-refractivity contribution is 5.74. The molecule has 0 aliphatic carbocycles. The van der Waals surface area contributed by atoms with Crippen molar-refractivity contribution in [1.82, 2.24) is 4.98 Å². The molecule has 1 aromatic rings. The fourth-order valence-electron chi connectivity index (χ4n) is 1.95. The minimum atomic E-state index is 0.340. The highest BCUT2D eigenvalue weighted by Crippen LogP contribution is 2.33. The third-order valence-corrected chi connectivity index (χ3v) is 2.85. The van der Waals surface area contributed by atoms with Crippen molar-refractivity contribution in [2.75, 3.05) is 44.6 Å². The molecule has 0 amide bonds. The van der Waals surface area contributed by atoms with Gasteiger partial charge in [-0.15, -0.1) is 0 Å². The van der Waals surface area contributed by atoms with Gasteiger partial charge < -0.3 is 19.7 Å². The van der Waals surface area contributed by atoms with Gasteiger partial charge in [0.15, 0.2) is 0 Å². The van der Waals surface area contributed by atoms with Crippen LogP contribution in [0.5, 0.6) is 5.88 Å². The number of aromatic nitrogens is 1. The van der Waals surface area contributed by atoms with Crippen LogP contribution in [0.1, 0.15) is 6.42 Å². The largest absolute Gasteiger partial charge is 0.479 e. The lowest BCUT2D eigenvalue weighted by Crippen LogP contribution is -2.22. The van der Waals surface area contributed by atoms with E-state index in [1.54, 1.807) is 13.3 Å². The zero-order valence-corrected chi connectivity index (χ0v) is 10.6. The number of pyridine rings is 1. The molecule has 94 valence electrons.